The lowest BCUT2D eigenvalue weighted by Gasteiger charge is -2.38. The van der Waals surface area contributed by atoms with E-state index in [-0.39, 0.29) is 5.92 Å². The van der Waals surface area contributed by atoms with E-state index in [0.29, 0.717) is 5.91 Å². The first-order valence-electron chi connectivity index (χ1n) is 13.0. The van der Waals surface area contributed by atoms with Crippen LogP contribution < -0.4 is 4.90 Å². The molecular weight excluding hydrogens is 424 g/mol. The van der Waals surface area contributed by atoms with Gasteiger partial charge in [-0.2, -0.15) is 5.10 Å². The zero-order valence-corrected chi connectivity index (χ0v) is 20.5. The maximum Gasteiger partial charge on any atom is 0.225 e. The Balaban J connectivity index is 1.44. The number of aromatic nitrogens is 4. The Morgan fingerprint density at radius 1 is 1.00 bits per heavy atom. The number of carbonyl (C=O) groups is 1. The van der Waals surface area contributed by atoms with Gasteiger partial charge in [-0.25, -0.2) is 14.6 Å². The highest BCUT2D eigenvalue weighted by Gasteiger charge is 2.30. The third kappa shape index (κ3) is 4.52. The fourth-order valence-corrected chi connectivity index (χ4v) is 5.38. The van der Waals surface area contributed by atoms with Gasteiger partial charge in [0.15, 0.2) is 5.65 Å². The second-order valence-electron chi connectivity index (χ2n) is 9.75. The molecule has 1 aliphatic heterocycles. The van der Waals surface area contributed by atoms with E-state index in [1.165, 1.54) is 19.3 Å². The molecule has 0 N–H and O–H groups in total. The van der Waals surface area contributed by atoms with E-state index in [9.17, 15) is 4.79 Å². The monoisotopic (exact) mass is 460 g/mol. The number of unbranched alkanes of at least 4 members (excludes halogenated alkanes) is 1. The molecule has 5 rings (SSSR count). The number of carbonyl (C=O) groups excluding carboxylic acids is 1. The molecule has 2 fully saturated rings. The Kier molecular flexibility index (Phi) is 6.79. The Morgan fingerprint density at radius 3 is 2.44 bits per heavy atom. The van der Waals surface area contributed by atoms with E-state index in [4.69, 9.17) is 15.1 Å². The number of hydrogen-bond donors (Lipinski definition) is 0. The standard InChI is InChI=1S/C27H36N6O/c1-3-4-15-23-28-25(24-20(2)30-33(26(24)29-23)22-13-9-6-10-14-22)31-16-18-32(19-17-31)27(34)21-11-7-5-8-12-21/h6,9-10,13-14,21H,3-5,7-8,11-12,15-19H2,1-2H3. The molecule has 3 heterocycles. The van der Waals surface area contributed by atoms with E-state index in [1.807, 2.05) is 29.8 Å². The normalized spacial score (nSPS) is 17.5. The highest BCUT2D eigenvalue weighted by molar-refractivity contribution is 5.91. The van der Waals surface area contributed by atoms with Crippen molar-refractivity contribution in [2.24, 2.45) is 5.92 Å². The third-order valence-electron chi connectivity index (χ3n) is 7.33. The lowest BCUT2D eigenvalue weighted by Crippen LogP contribution is -2.51. The van der Waals surface area contributed by atoms with Crippen LogP contribution in [-0.4, -0.2) is 56.7 Å². The maximum absolute atomic E-state index is 13.1. The van der Waals surface area contributed by atoms with Gasteiger partial charge in [0.1, 0.15) is 11.6 Å². The van der Waals surface area contributed by atoms with Gasteiger partial charge in [0.05, 0.1) is 16.8 Å². The number of fused-ring (bicyclic) bond motifs is 1. The number of benzene rings is 1. The quantitative estimate of drug-likeness (QED) is 0.534. The first-order chi connectivity index (χ1) is 16.7. The zero-order chi connectivity index (χ0) is 23.5. The number of piperazine rings is 1. The van der Waals surface area contributed by atoms with Gasteiger partial charge in [0.2, 0.25) is 5.91 Å². The van der Waals surface area contributed by atoms with Crippen LogP contribution in [0, 0.1) is 12.8 Å². The molecule has 7 heteroatoms. The van der Waals surface area contributed by atoms with Crippen molar-refractivity contribution in [2.45, 2.75) is 65.2 Å². The summed E-state index contributed by atoms with van der Waals surface area (Å²) >= 11 is 0. The van der Waals surface area contributed by atoms with Crippen LogP contribution in [0.25, 0.3) is 16.7 Å². The number of nitrogens with zero attached hydrogens (tertiary/aromatic N) is 6. The van der Waals surface area contributed by atoms with E-state index in [2.05, 4.69) is 28.9 Å². The average molecular weight is 461 g/mol. The summed E-state index contributed by atoms with van der Waals surface area (Å²) in [5, 5.41) is 5.89. The fraction of sp³-hybridized carbons (Fsp3) is 0.556. The maximum atomic E-state index is 13.1. The number of rotatable bonds is 6. The Hall–Kier alpha value is -2.96. The van der Waals surface area contributed by atoms with E-state index < -0.39 is 0 Å². The SMILES string of the molecule is CCCCc1nc(N2CCN(C(=O)C3CCCCC3)CC2)c2c(C)nn(-c3ccccc3)c2n1. The number of para-hydroxylation sites is 1. The van der Waals surface area contributed by atoms with Gasteiger partial charge in [-0.1, -0.05) is 50.8 Å². The van der Waals surface area contributed by atoms with Crippen LogP contribution in [0.5, 0.6) is 0 Å². The Morgan fingerprint density at radius 2 is 1.74 bits per heavy atom. The van der Waals surface area contributed by atoms with Gasteiger partial charge in [0.25, 0.3) is 0 Å². The molecule has 0 spiro atoms. The van der Waals surface area contributed by atoms with Crippen molar-refractivity contribution in [3.8, 4) is 5.69 Å². The zero-order valence-electron chi connectivity index (χ0n) is 20.5. The Labute approximate surface area is 202 Å². The van der Waals surface area contributed by atoms with Gasteiger partial charge in [-0.05, 0) is 38.3 Å². The van der Waals surface area contributed by atoms with E-state index in [0.717, 1.165) is 92.3 Å². The summed E-state index contributed by atoms with van der Waals surface area (Å²) in [5.74, 6) is 2.45. The molecule has 1 saturated carbocycles. The summed E-state index contributed by atoms with van der Waals surface area (Å²) in [4.78, 5) is 27.5. The topological polar surface area (TPSA) is 67.2 Å². The van der Waals surface area contributed by atoms with Gasteiger partial charge >= 0.3 is 0 Å². The molecule has 0 unspecified atom stereocenters. The smallest absolute Gasteiger partial charge is 0.225 e. The molecule has 1 aliphatic carbocycles. The van der Waals surface area contributed by atoms with Gasteiger partial charge < -0.3 is 9.80 Å². The van der Waals surface area contributed by atoms with Crippen molar-refractivity contribution in [3.05, 3.63) is 41.9 Å². The van der Waals surface area contributed by atoms with Crippen LogP contribution >= 0.6 is 0 Å². The minimum absolute atomic E-state index is 0.234. The fourth-order valence-electron chi connectivity index (χ4n) is 5.38. The second-order valence-corrected chi connectivity index (χ2v) is 9.75. The van der Waals surface area contributed by atoms with E-state index >= 15 is 0 Å². The number of aryl methyl sites for hydroxylation is 2. The lowest BCUT2D eigenvalue weighted by atomic mass is 9.88. The summed E-state index contributed by atoms with van der Waals surface area (Å²) in [6.45, 7) is 7.36. The van der Waals surface area contributed by atoms with Crippen molar-refractivity contribution in [1.29, 1.82) is 0 Å². The highest BCUT2D eigenvalue weighted by atomic mass is 16.2. The molecule has 1 amide bonds. The first-order valence-corrected chi connectivity index (χ1v) is 13.0. The second kappa shape index (κ2) is 10.1. The van der Waals surface area contributed by atoms with Crippen LogP contribution in [0.2, 0.25) is 0 Å². The molecular formula is C27H36N6O. The molecule has 1 aromatic carbocycles. The van der Waals surface area contributed by atoms with E-state index in [1.54, 1.807) is 0 Å². The van der Waals surface area contributed by atoms with Crippen molar-refractivity contribution in [3.63, 3.8) is 0 Å². The largest absolute Gasteiger partial charge is 0.352 e. The molecule has 180 valence electrons. The summed E-state index contributed by atoms with van der Waals surface area (Å²) in [7, 11) is 0. The van der Waals surface area contributed by atoms with Crippen LogP contribution in [0.3, 0.4) is 0 Å². The summed E-state index contributed by atoms with van der Waals surface area (Å²) < 4.78 is 1.95. The van der Waals surface area contributed by atoms with Crippen molar-refractivity contribution in [1.82, 2.24) is 24.6 Å². The predicted octanol–water partition coefficient (Wildman–Crippen LogP) is 4.70. The molecule has 0 bridgehead atoms. The van der Waals surface area contributed by atoms with Gasteiger partial charge in [-0.15, -0.1) is 0 Å². The first kappa shape index (κ1) is 22.8. The molecule has 34 heavy (non-hydrogen) atoms. The van der Waals surface area contributed by atoms with Crippen molar-refractivity contribution < 1.29 is 4.79 Å². The molecule has 1 saturated heterocycles. The number of anilines is 1. The molecule has 0 radical (unpaired) electrons. The predicted molar refractivity (Wildman–Crippen MR) is 135 cm³/mol. The van der Waals surface area contributed by atoms with Crippen LogP contribution in [0.1, 0.15) is 63.4 Å². The van der Waals surface area contributed by atoms with Gasteiger partial charge in [-0.3, -0.25) is 4.79 Å². The molecule has 0 atom stereocenters. The Bertz CT molecular complexity index is 1130. The summed E-state index contributed by atoms with van der Waals surface area (Å²) in [6, 6.07) is 10.2. The summed E-state index contributed by atoms with van der Waals surface area (Å²) in [6.07, 6.45) is 8.81. The molecule has 2 aliphatic rings. The minimum atomic E-state index is 0.234. The summed E-state index contributed by atoms with van der Waals surface area (Å²) in [5.41, 5.74) is 2.83. The molecule has 3 aromatic rings. The van der Waals surface area contributed by atoms with Crippen LogP contribution in [-0.2, 0) is 11.2 Å². The van der Waals surface area contributed by atoms with Gasteiger partial charge in [0, 0.05) is 38.5 Å². The minimum Gasteiger partial charge on any atom is -0.352 e. The average Bonchev–Trinajstić information content (AvgIpc) is 3.24. The van der Waals surface area contributed by atoms with Crippen LogP contribution in [0.15, 0.2) is 30.3 Å². The third-order valence-corrected chi connectivity index (χ3v) is 7.33. The van der Waals surface area contributed by atoms with Crippen molar-refractivity contribution in [2.75, 3.05) is 31.1 Å². The highest BCUT2D eigenvalue weighted by Crippen LogP contribution is 2.31. The number of amides is 1. The van der Waals surface area contributed by atoms with Crippen molar-refractivity contribution >= 4 is 22.8 Å². The van der Waals surface area contributed by atoms with Crippen LogP contribution in [0.4, 0.5) is 5.82 Å². The lowest BCUT2D eigenvalue weighted by molar-refractivity contribution is -0.136. The molecule has 7 nitrogen and oxygen atoms in total. The molecule has 2 aromatic heterocycles. The number of hydrogen-bond acceptors (Lipinski definition) is 5.